The molecule has 0 atom stereocenters. The van der Waals surface area contributed by atoms with Crippen molar-refractivity contribution < 1.29 is 4.79 Å². The van der Waals surface area contributed by atoms with Crippen molar-refractivity contribution in [2.45, 2.75) is 44.7 Å². The lowest BCUT2D eigenvalue weighted by Crippen LogP contribution is -2.41. The molecule has 1 amide bonds. The van der Waals surface area contributed by atoms with Gasteiger partial charge in [0.05, 0.1) is 18.6 Å². The van der Waals surface area contributed by atoms with Crippen LogP contribution < -0.4 is 5.32 Å². The van der Waals surface area contributed by atoms with E-state index < -0.39 is 0 Å². The normalized spacial score (nSPS) is 19.7. The molecule has 5 heteroatoms. The maximum absolute atomic E-state index is 12.0. The first kappa shape index (κ1) is 12.7. The first-order valence-corrected chi connectivity index (χ1v) is 7.34. The number of piperidine rings is 1. The van der Waals surface area contributed by atoms with Crippen molar-refractivity contribution in [1.82, 2.24) is 19.8 Å². The van der Waals surface area contributed by atoms with Gasteiger partial charge in [0.25, 0.3) is 0 Å². The molecule has 1 saturated carbocycles. The van der Waals surface area contributed by atoms with Crippen LogP contribution >= 0.6 is 0 Å². The standard InChI is InChI=1S/C14H22N4O/c19-14(17-6-2-1-3-7-17)10-15-8-13-9-16-11-18(13)12-4-5-12/h9,11-12,15H,1-8,10H2. The number of aromatic nitrogens is 2. The Morgan fingerprint density at radius 3 is 2.84 bits per heavy atom. The topological polar surface area (TPSA) is 50.2 Å². The van der Waals surface area contributed by atoms with Crippen molar-refractivity contribution in [2.24, 2.45) is 0 Å². The van der Waals surface area contributed by atoms with Crippen molar-refractivity contribution in [3.05, 3.63) is 18.2 Å². The Morgan fingerprint density at radius 2 is 2.11 bits per heavy atom. The van der Waals surface area contributed by atoms with Crippen LogP contribution in [-0.4, -0.2) is 40.0 Å². The summed E-state index contributed by atoms with van der Waals surface area (Å²) in [6, 6.07) is 0.650. The zero-order valence-corrected chi connectivity index (χ0v) is 11.3. The minimum absolute atomic E-state index is 0.234. The Bertz CT molecular complexity index is 432. The highest BCUT2D eigenvalue weighted by Crippen LogP contribution is 2.35. The van der Waals surface area contributed by atoms with Crippen molar-refractivity contribution in [2.75, 3.05) is 19.6 Å². The maximum atomic E-state index is 12.0. The van der Waals surface area contributed by atoms with Crippen molar-refractivity contribution >= 4 is 5.91 Å². The number of carbonyl (C=O) groups is 1. The first-order chi connectivity index (χ1) is 9.34. The molecule has 2 heterocycles. The van der Waals surface area contributed by atoms with E-state index in [1.165, 1.54) is 25.0 Å². The van der Waals surface area contributed by atoms with Crippen LogP contribution in [0.4, 0.5) is 0 Å². The number of amides is 1. The van der Waals surface area contributed by atoms with Gasteiger partial charge in [0, 0.05) is 31.9 Å². The second-order valence-electron chi connectivity index (χ2n) is 5.57. The largest absolute Gasteiger partial charge is 0.342 e. The Hall–Kier alpha value is -1.36. The third kappa shape index (κ3) is 3.15. The predicted octanol–water partition coefficient (Wildman–Crippen LogP) is 1.32. The van der Waals surface area contributed by atoms with E-state index in [2.05, 4.69) is 14.9 Å². The van der Waals surface area contributed by atoms with Crippen molar-refractivity contribution in [3.63, 3.8) is 0 Å². The monoisotopic (exact) mass is 262 g/mol. The van der Waals surface area contributed by atoms with Gasteiger partial charge in [0.15, 0.2) is 0 Å². The Balaban J connectivity index is 1.44. The van der Waals surface area contributed by atoms with E-state index in [1.807, 2.05) is 17.4 Å². The van der Waals surface area contributed by atoms with Gasteiger partial charge in [0.2, 0.25) is 5.91 Å². The second-order valence-corrected chi connectivity index (χ2v) is 5.57. The van der Waals surface area contributed by atoms with E-state index >= 15 is 0 Å². The molecule has 1 N–H and O–H groups in total. The Labute approximate surface area is 114 Å². The third-order valence-corrected chi connectivity index (χ3v) is 3.98. The fraction of sp³-hybridized carbons (Fsp3) is 0.714. The molecule has 19 heavy (non-hydrogen) atoms. The van der Waals surface area contributed by atoms with E-state index in [4.69, 9.17) is 0 Å². The number of likely N-dealkylation sites (tertiary alicyclic amines) is 1. The van der Waals surface area contributed by atoms with E-state index in [0.29, 0.717) is 12.6 Å². The van der Waals surface area contributed by atoms with E-state index in [9.17, 15) is 4.79 Å². The van der Waals surface area contributed by atoms with Crippen molar-refractivity contribution in [1.29, 1.82) is 0 Å². The summed E-state index contributed by atoms with van der Waals surface area (Å²) in [5, 5.41) is 3.26. The summed E-state index contributed by atoms with van der Waals surface area (Å²) >= 11 is 0. The Kier molecular flexibility index (Phi) is 3.82. The Morgan fingerprint density at radius 1 is 1.32 bits per heavy atom. The lowest BCUT2D eigenvalue weighted by atomic mass is 10.1. The fourth-order valence-corrected chi connectivity index (χ4v) is 2.70. The van der Waals surface area contributed by atoms with Crippen LogP contribution in [0.15, 0.2) is 12.5 Å². The minimum Gasteiger partial charge on any atom is -0.342 e. The number of hydrogen-bond acceptors (Lipinski definition) is 3. The third-order valence-electron chi connectivity index (χ3n) is 3.98. The van der Waals surface area contributed by atoms with Crippen LogP contribution in [0.25, 0.3) is 0 Å². The number of rotatable bonds is 5. The van der Waals surface area contributed by atoms with Gasteiger partial charge >= 0.3 is 0 Å². The molecule has 0 radical (unpaired) electrons. The lowest BCUT2D eigenvalue weighted by Gasteiger charge is -2.26. The number of carbonyl (C=O) groups excluding carboxylic acids is 1. The summed E-state index contributed by atoms with van der Waals surface area (Å²) in [7, 11) is 0. The summed E-state index contributed by atoms with van der Waals surface area (Å²) in [6.07, 6.45) is 9.89. The zero-order chi connectivity index (χ0) is 13.1. The minimum atomic E-state index is 0.234. The molecule has 104 valence electrons. The number of hydrogen-bond donors (Lipinski definition) is 1. The molecule has 2 aliphatic rings. The summed E-state index contributed by atoms with van der Waals surface area (Å²) in [6.45, 7) is 3.03. The summed E-state index contributed by atoms with van der Waals surface area (Å²) < 4.78 is 2.23. The molecule has 0 spiro atoms. The molecule has 0 aromatic carbocycles. The quantitative estimate of drug-likeness (QED) is 0.870. The molecule has 3 rings (SSSR count). The molecular formula is C14H22N4O. The van der Waals surface area contributed by atoms with Gasteiger partial charge in [0.1, 0.15) is 0 Å². The van der Waals surface area contributed by atoms with Crippen LogP contribution in [0, 0.1) is 0 Å². The highest BCUT2D eigenvalue weighted by Gasteiger charge is 2.25. The van der Waals surface area contributed by atoms with Gasteiger partial charge in [-0.25, -0.2) is 4.98 Å². The van der Waals surface area contributed by atoms with E-state index in [0.717, 1.165) is 32.5 Å². The molecule has 1 aliphatic carbocycles. The van der Waals surface area contributed by atoms with Crippen LogP contribution in [0.1, 0.15) is 43.8 Å². The summed E-state index contributed by atoms with van der Waals surface area (Å²) in [4.78, 5) is 18.2. The van der Waals surface area contributed by atoms with Gasteiger partial charge in [-0.05, 0) is 32.1 Å². The predicted molar refractivity (Wildman–Crippen MR) is 72.6 cm³/mol. The maximum Gasteiger partial charge on any atom is 0.236 e. The van der Waals surface area contributed by atoms with Crippen molar-refractivity contribution in [3.8, 4) is 0 Å². The zero-order valence-electron chi connectivity index (χ0n) is 11.3. The molecular weight excluding hydrogens is 240 g/mol. The average Bonchev–Trinajstić information content (AvgIpc) is 3.19. The lowest BCUT2D eigenvalue weighted by molar-refractivity contribution is -0.131. The average molecular weight is 262 g/mol. The molecule has 1 saturated heterocycles. The number of nitrogens with one attached hydrogen (secondary N) is 1. The van der Waals surface area contributed by atoms with E-state index in [1.54, 1.807) is 0 Å². The van der Waals surface area contributed by atoms with Crippen LogP contribution in [0.2, 0.25) is 0 Å². The molecule has 0 bridgehead atoms. The van der Waals surface area contributed by atoms with E-state index in [-0.39, 0.29) is 5.91 Å². The molecule has 2 fully saturated rings. The van der Waals surface area contributed by atoms with Gasteiger partial charge in [-0.15, -0.1) is 0 Å². The smallest absolute Gasteiger partial charge is 0.236 e. The van der Waals surface area contributed by atoms with Gasteiger partial charge in [-0.3, -0.25) is 4.79 Å². The first-order valence-electron chi connectivity index (χ1n) is 7.34. The highest BCUT2D eigenvalue weighted by molar-refractivity contribution is 5.78. The highest BCUT2D eigenvalue weighted by atomic mass is 16.2. The molecule has 5 nitrogen and oxygen atoms in total. The number of imidazole rings is 1. The molecule has 1 aromatic heterocycles. The van der Waals surface area contributed by atoms with Gasteiger partial charge < -0.3 is 14.8 Å². The van der Waals surface area contributed by atoms with Gasteiger partial charge in [-0.2, -0.15) is 0 Å². The van der Waals surface area contributed by atoms with Crippen LogP contribution in [0.3, 0.4) is 0 Å². The summed E-state index contributed by atoms with van der Waals surface area (Å²) in [5.74, 6) is 0.234. The van der Waals surface area contributed by atoms with Gasteiger partial charge in [-0.1, -0.05) is 0 Å². The fourth-order valence-electron chi connectivity index (χ4n) is 2.70. The molecule has 0 unspecified atom stereocenters. The molecule has 1 aromatic rings. The SMILES string of the molecule is O=C(CNCc1cncn1C1CC1)N1CCCCC1. The van der Waals surface area contributed by atoms with Crippen LogP contribution in [0.5, 0.6) is 0 Å². The summed E-state index contributed by atoms with van der Waals surface area (Å²) in [5.41, 5.74) is 1.19. The molecule has 1 aliphatic heterocycles. The second kappa shape index (κ2) is 5.74. The van der Waals surface area contributed by atoms with Crippen LogP contribution in [-0.2, 0) is 11.3 Å². The number of nitrogens with zero attached hydrogens (tertiary/aromatic N) is 3.